The predicted octanol–water partition coefficient (Wildman–Crippen LogP) is 3.10. The molecule has 2 fully saturated rings. The van der Waals surface area contributed by atoms with Crippen molar-refractivity contribution in [3.05, 3.63) is 41.9 Å². The third-order valence-electron chi connectivity index (χ3n) is 5.61. The molecule has 0 radical (unpaired) electrons. The molecule has 2 saturated heterocycles. The fourth-order valence-electron chi connectivity index (χ4n) is 4.14. The molecule has 5 rings (SSSR count). The number of fused-ring (bicyclic) bond motifs is 1. The first-order chi connectivity index (χ1) is 14.2. The van der Waals surface area contributed by atoms with Crippen LogP contribution >= 0.6 is 11.8 Å². The van der Waals surface area contributed by atoms with Crippen LogP contribution in [0.3, 0.4) is 0 Å². The standard InChI is InChI=1S/C21H25N5O2S/c1-14-13-28-9-8-25(14)19-11-16(18-7-4-10-29-18)23-21(24-19)26-17-6-3-2-5-15(17)22-20(26)12-27/h2-3,5-6,11,14,18,27H,4,7-10,12-13H2,1H3. The van der Waals surface area contributed by atoms with Gasteiger partial charge in [-0.1, -0.05) is 12.1 Å². The summed E-state index contributed by atoms with van der Waals surface area (Å²) >= 11 is 1.96. The number of aliphatic hydroxyl groups is 1. The Balaban J connectivity index is 1.68. The number of morpholine rings is 1. The van der Waals surface area contributed by atoms with E-state index in [1.807, 2.05) is 40.6 Å². The molecule has 0 saturated carbocycles. The lowest BCUT2D eigenvalue weighted by atomic mass is 10.2. The van der Waals surface area contributed by atoms with Crippen molar-refractivity contribution in [1.82, 2.24) is 19.5 Å². The number of aromatic nitrogens is 4. The number of ether oxygens (including phenoxy) is 1. The lowest BCUT2D eigenvalue weighted by Crippen LogP contribution is -2.44. The summed E-state index contributed by atoms with van der Waals surface area (Å²) in [5.74, 6) is 3.24. The van der Waals surface area contributed by atoms with Gasteiger partial charge in [0.15, 0.2) is 0 Å². The van der Waals surface area contributed by atoms with Crippen LogP contribution in [0, 0.1) is 0 Å². The Labute approximate surface area is 174 Å². The number of nitrogens with zero attached hydrogens (tertiary/aromatic N) is 5. The highest BCUT2D eigenvalue weighted by Crippen LogP contribution is 2.40. The van der Waals surface area contributed by atoms with Crippen LogP contribution in [0.1, 0.15) is 36.5 Å². The summed E-state index contributed by atoms with van der Waals surface area (Å²) in [6.07, 6.45) is 2.35. The number of benzene rings is 1. The molecule has 8 heteroatoms. The average Bonchev–Trinajstić information content (AvgIpc) is 3.41. The van der Waals surface area contributed by atoms with Crippen LogP contribution in [0.5, 0.6) is 0 Å². The van der Waals surface area contributed by atoms with Gasteiger partial charge in [0.05, 0.1) is 36.0 Å². The minimum absolute atomic E-state index is 0.163. The normalized spacial score (nSPS) is 22.5. The maximum absolute atomic E-state index is 9.95. The molecule has 2 aliphatic rings. The molecule has 152 valence electrons. The Kier molecular flexibility index (Phi) is 5.15. The molecule has 4 heterocycles. The molecular weight excluding hydrogens is 386 g/mol. The van der Waals surface area contributed by atoms with E-state index in [2.05, 4.69) is 22.9 Å². The molecule has 3 aromatic rings. The van der Waals surface area contributed by atoms with Crippen molar-refractivity contribution in [2.45, 2.75) is 37.7 Å². The van der Waals surface area contributed by atoms with Crippen LogP contribution in [-0.4, -0.2) is 56.2 Å². The topological polar surface area (TPSA) is 76.3 Å². The minimum Gasteiger partial charge on any atom is -0.388 e. The summed E-state index contributed by atoms with van der Waals surface area (Å²) in [4.78, 5) is 16.8. The van der Waals surface area contributed by atoms with E-state index < -0.39 is 0 Å². The smallest absolute Gasteiger partial charge is 0.237 e. The van der Waals surface area contributed by atoms with Gasteiger partial charge in [-0.2, -0.15) is 16.7 Å². The molecule has 29 heavy (non-hydrogen) atoms. The van der Waals surface area contributed by atoms with E-state index in [0.717, 1.165) is 35.5 Å². The number of para-hydroxylation sites is 2. The van der Waals surface area contributed by atoms with Crippen molar-refractivity contribution >= 4 is 28.6 Å². The highest BCUT2D eigenvalue weighted by molar-refractivity contribution is 7.99. The zero-order valence-corrected chi connectivity index (χ0v) is 17.3. The average molecular weight is 412 g/mol. The lowest BCUT2D eigenvalue weighted by Gasteiger charge is -2.34. The largest absolute Gasteiger partial charge is 0.388 e. The molecule has 1 N–H and O–H groups in total. The van der Waals surface area contributed by atoms with Crippen molar-refractivity contribution in [1.29, 1.82) is 0 Å². The van der Waals surface area contributed by atoms with Crippen LogP contribution < -0.4 is 4.90 Å². The first-order valence-corrected chi connectivity index (χ1v) is 11.2. The number of aliphatic hydroxyl groups excluding tert-OH is 1. The van der Waals surface area contributed by atoms with Gasteiger partial charge in [0.1, 0.15) is 18.2 Å². The predicted molar refractivity (Wildman–Crippen MR) is 115 cm³/mol. The highest BCUT2D eigenvalue weighted by atomic mass is 32.2. The first kappa shape index (κ1) is 18.8. The Morgan fingerprint density at radius 3 is 2.93 bits per heavy atom. The summed E-state index contributed by atoms with van der Waals surface area (Å²) in [7, 11) is 0. The van der Waals surface area contributed by atoms with Crippen LogP contribution in [0.25, 0.3) is 17.0 Å². The number of hydrogen-bond donors (Lipinski definition) is 1. The third-order valence-corrected chi connectivity index (χ3v) is 7.02. The van der Waals surface area contributed by atoms with E-state index in [0.29, 0.717) is 30.2 Å². The zero-order valence-electron chi connectivity index (χ0n) is 16.5. The van der Waals surface area contributed by atoms with Gasteiger partial charge < -0.3 is 14.7 Å². The van der Waals surface area contributed by atoms with E-state index in [-0.39, 0.29) is 12.6 Å². The van der Waals surface area contributed by atoms with Crippen molar-refractivity contribution in [3.8, 4) is 5.95 Å². The second-order valence-electron chi connectivity index (χ2n) is 7.58. The maximum Gasteiger partial charge on any atom is 0.237 e. The number of hydrogen-bond acceptors (Lipinski definition) is 7. The van der Waals surface area contributed by atoms with Crippen LogP contribution in [-0.2, 0) is 11.3 Å². The quantitative estimate of drug-likeness (QED) is 0.707. The third kappa shape index (κ3) is 3.49. The zero-order chi connectivity index (χ0) is 19.8. The van der Waals surface area contributed by atoms with Gasteiger partial charge in [0, 0.05) is 17.9 Å². The van der Waals surface area contributed by atoms with E-state index in [1.54, 1.807) is 0 Å². The van der Waals surface area contributed by atoms with E-state index in [9.17, 15) is 5.11 Å². The van der Waals surface area contributed by atoms with Crippen LogP contribution in [0.15, 0.2) is 30.3 Å². The second kappa shape index (κ2) is 7.93. The molecule has 0 bridgehead atoms. The highest BCUT2D eigenvalue weighted by Gasteiger charge is 2.26. The molecule has 2 atom stereocenters. The number of thioether (sulfide) groups is 1. The molecule has 1 aromatic carbocycles. The summed E-state index contributed by atoms with van der Waals surface area (Å²) < 4.78 is 7.52. The minimum atomic E-state index is -0.163. The molecule has 0 aliphatic carbocycles. The Morgan fingerprint density at radius 1 is 1.24 bits per heavy atom. The summed E-state index contributed by atoms with van der Waals surface area (Å²) in [5, 5.41) is 10.3. The molecule has 0 spiro atoms. The molecule has 0 amide bonds. The summed E-state index contributed by atoms with van der Waals surface area (Å²) in [6, 6.07) is 10.3. The number of anilines is 1. The molecule has 7 nitrogen and oxygen atoms in total. The Bertz CT molecular complexity index is 1020. The van der Waals surface area contributed by atoms with Gasteiger partial charge >= 0.3 is 0 Å². The van der Waals surface area contributed by atoms with Crippen LogP contribution in [0.4, 0.5) is 5.82 Å². The van der Waals surface area contributed by atoms with Gasteiger partial charge in [0.2, 0.25) is 5.95 Å². The molecule has 2 aromatic heterocycles. The van der Waals surface area contributed by atoms with E-state index in [1.165, 1.54) is 12.2 Å². The van der Waals surface area contributed by atoms with Gasteiger partial charge in [-0.15, -0.1) is 0 Å². The number of rotatable bonds is 4. The number of imidazole rings is 1. The molecule has 2 unspecified atom stereocenters. The first-order valence-electron chi connectivity index (χ1n) is 10.2. The van der Waals surface area contributed by atoms with E-state index in [4.69, 9.17) is 14.7 Å². The van der Waals surface area contributed by atoms with Crippen LogP contribution in [0.2, 0.25) is 0 Å². The molecular formula is C21H25N5O2S. The van der Waals surface area contributed by atoms with Crippen molar-refractivity contribution < 1.29 is 9.84 Å². The van der Waals surface area contributed by atoms with Crippen molar-refractivity contribution in [2.75, 3.05) is 30.4 Å². The lowest BCUT2D eigenvalue weighted by molar-refractivity contribution is 0.0985. The maximum atomic E-state index is 9.95. The molecule has 2 aliphatic heterocycles. The van der Waals surface area contributed by atoms with Crippen molar-refractivity contribution in [2.24, 2.45) is 0 Å². The van der Waals surface area contributed by atoms with Gasteiger partial charge in [0.25, 0.3) is 0 Å². The Hall–Kier alpha value is -2.16. The van der Waals surface area contributed by atoms with Gasteiger partial charge in [-0.3, -0.25) is 4.57 Å². The fraction of sp³-hybridized carbons (Fsp3) is 0.476. The van der Waals surface area contributed by atoms with E-state index >= 15 is 0 Å². The second-order valence-corrected chi connectivity index (χ2v) is 8.89. The Morgan fingerprint density at radius 2 is 2.14 bits per heavy atom. The fourth-order valence-corrected chi connectivity index (χ4v) is 5.38. The summed E-state index contributed by atoms with van der Waals surface area (Å²) in [5.41, 5.74) is 2.81. The summed E-state index contributed by atoms with van der Waals surface area (Å²) in [6.45, 7) is 4.21. The van der Waals surface area contributed by atoms with Crippen molar-refractivity contribution in [3.63, 3.8) is 0 Å². The monoisotopic (exact) mass is 411 g/mol. The van der Waals surface area contributed by atoms with Gasteiger partial charge in [-0.05, 0) is 37.7 Å². The SMILES string of the molecule is CC1COCCN1c1cc(C2CCCS2)nc(-n2c(CO)nc3ccccc32)n1. The van der Waals surface area contributed by atoms with Gasteiger partial charge in [-0.25, -0.2) is 9.97 Å².